The van der Waals surface area contributed by atoms with Crippen LogP contribution >= 0.6 is 11.6 Å². The molecule has 0 spiro atoms. The molecule has 1 atom stereocenters. The second-order valence-corrected chi connectivity index (χ2v) is 6.71. The van der Waals surface area contributed by atoms with Gasteiger partial charge < -0.3 is 4.42 Å². The van der Waals surface area contributed by atoms with Gasteiger partial charge in [-0.1, -0.05) is 11.6 Å². The van der Waals surface area contributed by atoms with Crippen LogP contribution in [0.25, 0.3) is 11.5 Å². The number of oxazole rings is 1. The summed E-state index contributed by atoms with van der Waals surface area (Å²) in [6.07, 6.45) is 6.04. The number of hydrogen-bond acceptors (Lipinski definition) is 3. The number of benzene rings is 1. The summed E-state index contributed by atoms with van der Waals surface area (Å²) in [5, 5.41) is 0.730. The molecule has 21 heavy (non-hydrogen) atoms. The molecule has 110 valence electrons. The maximum atomic E-state index is 5.90. The zero-order chi connectivity index (χ0) is 14.2. The number of rotatable bonds is 4. The SMILES string of the molecule is Clc1ccc(-c2nc(CN3CCC(C4CC4)C3)co2)cc1. The van der Waals surface area contributed by atoms with Crippen LogP contribution in [-0.2, 0) is 6.54 Å². The van der Waals surface area contributed by atoms with E-state index < -0.39 is 0 Å². The molecule has 2 fully saturated rings. The first-order valence-corrected chi connectivity index (χ1v) is 8.08. The molecule has 4 heteroatoms. The van der Waals surface area contributed by atoms with E-state index in [0.717, 1.165) is 34.7 Å². The molecule has 0 amide bonds. The molecule has 0 N–H and O–H groups in total. The predicted molar refractivity (Wildman–Crippen MR) is 83.1 cm³/mol. The predicted octanol–water partition coefficient (Wildman–Crippen LogP) is 4.23. The van der Waals surface area contributed by atoms with Crippen molar-refractivity contribution in [2.24, 2.45) is 11.8 Å². The minimum absolute atomic E-state index is 0.680. The first-order chi connectivity index (χ1) is 10.3. The number of halogens is 1. The second-order valence-electron chi connectivity index (χ2n) is 6.27. The second kappa shape index (κ2) is 5.47. The fourth-order valence-electron chi connectivity index (χ4n) is 3.29. The molecule has 1 aliphatic heterocycles. The minimum atomic E-state index is 0.680. The molecule has 0 bridgehead atoms. The summed E-state index contributed by atoms with van der Waals surface area (Å²) < 4.78 is 5.61. The van der Waals surface area contributed by atoms with E-state index in [0.29, 0.717) is 5.89 Å². The zero-order valence-electron chi connectivity index (χ0n) is 12.0. The Morgan fingerprint density at radius 1 is 1.14 bits per heavy atom. The molecule has 4 rings (SSSR count). The molecule has 1 aliphatic carbocycles. The highest BCUT2D eigenvalue weighted by Crippen LogP contribution is 2.41. The standard InChI is InChI=1S/C17H19ClN2O/c18-15-5-3-13(4-6-15)17-19-16(11-21-17)10-20-8-7-14(9-20)12-1-2-12/h3-6,11-12,14H,1-2,7-10H2. The van der Waals surface area contributed by atoms with E-state index >= 15 is 0 Å². The lowest BCUT2D eigenvalue weighted by Gasteiger charge is -2.13. The summed E-state index contributed by atoms with van der Waals surface area (Å²) in [5.74, 6) is 2.61. The van der Waals surface area contributed by atoms with Crippen LogP contribution in [0.3, 0.4) is 0 Å². The Morgan fingerprint density at radius 2 is 1.95 bits per heavy atom. The number of likely N-dealkylation sites (tertiary alicyclic amines) is 1. The molecule has 1 unspecified atom stereocenters. The van der Waals surface area contributed by atoms with Gasteiger partial charge in [0.15, 0.2) is 0 Å². The number of aromatic nitrogens is 1. The van der Waals surface area contributed by atoms with Crippen molar-refractivity contribution in [1.82, 2.24) is 9.88 Å². The van der Waals surface area contributed by atoms with E-state index in [2.05, 4.69) is 9.88 Å². The lowest BCUT2D eigenvalue weighted by Crippen LogP contribution is -2.20. The van der Waals surface area contributed by atoms with Gasteiger partial charge in [-0.15, -0.1) is 0 Å². The summed E-state index contributed by atoms with van der Waals surface area (Å²) >= 11 is 5.90. The maximum absolute atomic E-state index is 5.90. The lowest BCUT2D eigenvalue weighted by molar-refractivity contribution is 0.306. The summed E-state index contributed by atoms with van der Waals surface area (Å²) in [6, 6.07) is 7.61. The molecule has 2 aromatic rings. The van der Waals surface area contributed by atoms with Crippen LogP contribution in [0.4, 0.5) is 0 Å². The molecule has 1 saturated carbocycles. The summed E-state index contributed by atoms with van der Waals surface area (Å²) in [4.78, 5) is 7.11. The normalized spacial score (nSPS) is 22.8. The molecule has 3 nitrogen and oxygen atoms in total. The van der Waals surface area contributed by atoms with Crippen LogP contribution in [0.5, 0.6) is 0 Å². The minimum Gasteiger partial charge on any atom is -0.444 e. The van der Waals surface area contributed by atoms with Crippen molar-refractivity contribution in [2.45, 2.75) is 25.8 Å². The fraction of sp³-hybridized carbons (Fsp3) is 0.471. The highest BCUT2D eigenvalue weighted by Gasteiger charge is 2.35. The van der Waals surface area contributed by atoms with Gasteiger partial charge in [0.25, 0.3) is 0 Å². The number of nitrogens with zero attached hydrogens (tertiary/aromatic N) is 2. The Balaban J connectivity index is 1.41. The first-order valence-electron chi connectivity index (χ1n) is 7.70. The van der Waals surface area contributed by atoms with E-state index in [-0.39, 0.29) is 0 Å². The van der Waals surface area contributed by atoms with Crippen molar-refractivity contribution in [2.75, 3.05) is 13.1 Å². The van der Waals surface area contributed by atoms with Crippen molar-refractivity contribution in [3.63, 3.8) is 0 Å². The van der Waals surface area contributed by atoms with Gasteiger partial charge in [-0.3, -0.25) is 4.90 Å². The van der Waals surface area contributed by atoms with Crippen LogP contribution in [0.15, 0.2) is 34.9 Å². The monoisotopic (exact) mass is 302 g/mol. The van der Waals surface area contributed by atoms with Gasteiger partial charge in [0.05, 0.1) is 5.69 Å². The molecule has 1 aromatic carbocycles. The molecule has 2 heterocycles. The Kier molecular flexibility index (Phi) is 3.48. The van der Waals surface area contributed by atoms with Gasteiger partial charge >= 0.3 is 0 Å². The highest BCUT2D eigenvalue weighted by atomic mass is 35.5. The Bertz CT molecular complexity index is 618. The van der Waals surface area contributed by atoms with E-state index in [1.165, 1.54) is 32.4 Å². The summed E-state index contributed by atoms with van der Waals surface area (Å²) in [5.41, 5.74) is 2.00. The lowest BCUT2D eigenvalue weighted by atomic mass is 10.0. The van der Waals surface area contributed by atoms with Gasteiger partial charge in [-0.05, 0) is 61.9 Å². The average Bonchev–Trinajstić information content (AvgIpc) is 3.06. The molecule has 2 aliphatic rings. The van der Waals surface area contributed by atoms with Crippen LogP contribution < -0.4 is 0 Å². The van der Waals surface area contributed by atoms with E-state index in [1.807, 2.05) is 24.3 Å². The number of hydrogen-bond donors (Lipinski definition) is 0. The Morgan fingerprint density at radius 3 is 2.71 bits per heavy atom. The van der Waals surface area contributed by atoms with E-state index in [1.54, 1.807) is 6.26 Å². The topological polar surface area (TPSA) is 29.3 Å². The van der Waals surface area contributed by atoms with Crippen LogP contribution in [-0.4, -0.2) is 23.0 Å². The maximum Gasteiger partial charge on any atom is 0.226 e. The molecule has 1 aromatic heterocycles. The molecular formula is C17H19ClN2O. The van der Waals surface area contributed by atoms with Crippen molar-refractivity contribution >= 4 is 11.6 Å². The van der Waals surface area contributed by atoms with Gasteiger partial charge in [-0.2, -0.15) is 0 Å². The van der Waals surface area contributed by atoms with Gasteiger partial charge in [0.2, 0.25) is 5.89 Å². The zero-order valence-corrected chi connectivity index (χ0v) is 12.7. The van der Waals surface area contributed by atoms with Crippen molar-refractivity contribution < 1.29 is 4.42 Å². The van der Waals surface area contributed by atoms with Crippen molar-refractivity contribution in [3.05, 3.63) is 41.2 Å². The summed E-state index contributed by atoms with van der Waals surface area (Å²) in [7, 11) is 0. The van der Waals surface area contributed by atoms with Crippen molar-refractivity contribution in [3.8, 4) is 11.5 Å². The van der Waals surface area contributed by atoms with Gasteiger partial charge in [0.1, 0.15) is 6.26 Å². The van der Waals surface area contributed by atoms with Gasteiger partial charge in [-0.25, -0.2) is 4.98 Å². The highest BCUT2D eigenvalue weighted by molar-refractivity contribution is 6.30. The quantitative estimate of drug-likeness (QED) is 0.846. The van der Waals surface area contributed by atoms with E-state index in [9.17, 15) is 0 Å². The average molecular weight is 303 g/mol. The summed E-state index contributed by atoms with van der Waals surface area (Å²) in [6.45, 7) is 3.33. The third-order valence-corrected chi connectivity index (χ3v) is 4.88. The van der Waals surface area contributed by atoms with Crippen LogP contribution in [0, 0.1) is 11.8 Å². The van der Waals surface area contributed by atoms with E-state index in [4.69, 9.17) is 16.0 Å². The third kappa shape index (κ3) is 2.99. The third-order valence-electron chi connectivity index (χ3n) is 4.63. The Hall–Kier alpha value is -1.32. The first kappa shape index (κ1) is 13.4. The molecule has 1 saturated heterocycles. The largest absolute Gasteiger partial charge is 0.444 e. The fourth-order valence-corrected chi connectivity index (χ4v) is 3.42. The van der Waals surface area contributed by atoms with Crippen LogP contribution in [0.1, 0.15) is 25.0 Å². The Labute approximate surface area is 129 Å². The molecule has 0 radical (unpaired) electrons. The van der Waals surface area contributed by atoms with Crippen LogP contribution in [0.2, 0.25) is 5.02 Å². The molecular weight excluding hydrogens is 284 g/mol. The van der Waals surface area contributed by atoms with Crippen molar-refractivity contribution in [1.29, 1.82) is 0 Å². The smallest absolute Gasteiger partial charge is 0.226 e. The van der Waals surface area contributed by atoms with Gasteiger partial charge in [0, 0.05) is 23.7 Å².